The summed E-state index contributed by atoms with van der Waals surface area (Å²) >= 11 is 3.44. The van der Waals surface area contributed by atoms with Crippen molar-refractivity contribution in [2.24, 2.45) is 0 Å². The van der Waals surface area contributed by atoms with Crippen LogP contribution in [0.5, 0.6) is 5.75 Å². The monoisotopic (exact) mass is 500 g/mol. The van der Waals surface area contributed by atoms with E-state index in [0.29, 0.717) is 18.2 Å². The lowest BCUT2D eigenvalue weighted by Crippen LogP contribution is -2.50. The maximum absolute atomic E-state index is 13.2. The minimum absolute atomic E-state index is 0.108. The molecule has 0 spiro atoms. The molecule has 1 aliphatic rings. The van der Waals surface area contributed by atoms with Crippen molar-refractivity contribution in [1.82, 2.24) is 10.2 Å². The molecule has 0 radical (unpaired) electrons. The summed E-state index contributed by atoms with van der Waals surface area (Å²) in [5.41, 5.74) is 2.18. The summed E-state index contributed by atoms with van der Waals surface area (Å²) in [5.74, 6) is 0.763. The van der Waals surface area contributed by atoms with Crippen molar-refractivity contribution in [2.75, 3.05) is 6.61 Å². The lowest BCUT2D eigenvalue weighted by molar-refractivity contribution is -0.142. The van der Waals surface area contributed by atoms with Crippen molar-refractivity contribution >= 4 is 27.7 Å². The van der Waals surface area contributed by atoms with Gasteiger partial charge in [0.2, 0.25) is 5.91 Å². The Morgan fingerprint density at radius 3 is 2.25 bits per heavy atom. The van der Waals surface area contributed by atoms with E-state index in [9.17, 15) is 9.59 Å². The van der Waals surface area contributed by atoms with Gasteiger partial charge in [0, 0.05) is 17.1 Å². The van der Waals surface area contributed by atoms with Crippen molar-refractivity contribution in [1.29, 1.82) is 0 Å². The summed E-state index contributed by atoms with van der Waals surface area (Å²) in [6, 6.07) is 15.2. The van der Waals surface area contributed by atoms with Crippen LogP contribution in [0.4, 0.5) is 0 Å². The molecule has 1 saturated carbocycles. The second-order valence-electron chi connectivity index (χ2n) is 8.83. The molecule has 0 bridgehead atoms. The molecule has 2 aromatic carbocycles. The molecular formula is C26H33BrN2O3. The van der Waals surface area contributed by atoms with Gasteiger partial charge in [-0.25, -0.2) is 0 Å². The van der Waals surface area contributed by atoms with Gasteiger partial charge in [0.25, 0.3) is 5.91 Å². The summed E-state index contributed by atoms with van der Waals surface area (Å²) in [4.78, 5) is 27.7. The molecule has 0 heterocycles. The Hall–Kier alpha value is -2.34. The quantitative estimate of drug-likeness (QED) is 0.499. The van der Waals surface area contributed by atoms with E-state index in [2.05, 4.69) is 35.1 Å². The first-order chi connectivity index (χ1) is 15.3. The van der Waals surface area contributed by atoms with E-state index in [4.69, 9.17) is 4.74 Å². The second-order valence-corrected chi connectivity index (χ2v) is 9.74. The number of hydrogen-bond acceptors (Lipinski definition) is 3. The van der Waals surface area contributed by atoms with Crippen LogP contribution in [0.25, 0.3) is 0 Å². The van der Waals surface area contributed by atoms with Crippen molar-refractivity contribution in [3.05, 3.63) is 64.1 Å². The standard InChI is InChI=1S/C26H33BrN2O3/c1-18(2)21-10-14-24(15-11-21)32-17-25(30)29(16-20-8-12-22(27)13-9-20)19(3)26(31)28-23-6-4-5-7-23/h8-15,18-19,23H,4-7,16-17H2,1-3H3,(H,28,31). The van der Waals surface area contributed by atoms with E-state index < -0.39 is 6.04 Å². The van der Waals surface area contributed by atoms with Crippen molar-refractivity contribution in [3.63, 3.8) is 0 Å². The molecule has 1 unspecified atom stereocenters. The minimum Gasteiger partial charge on any atom is -0.484 e. The maximum Gasteiger partial charge on any atom is 0.261 e. The zero-order valence-corrected chi connectivity index (χ0v) is 20.7. The summed E-state index contributed by atoms with van der Waals surface area (Å²) < 4.78 is 6.74. The first-order valence-corrected chi connectivity index (χ1v) is 12.2. The van der Waals surface area contributed by atoms with E-state index >= 15 is 0 Å². The average molecular weight is 501 g/mol. The van der Waals surface area contributed by atoms with Crippen LogP contribution in [-0.4, -0.2) is 35.4 Å². The Bertz CT molecular complexity index is 890. The minimum atomic E-state index is -0.585. The number of ether oxygens (including phenoxy) is 1. The van der Waals surface area contributed by atoms with Gasteiger partial charge in [-0.3, -0.25) is 9.59 Å². The third kappa shape index (κ3) is 6.83. The highest BCUT2D eigenvalue weighted by Gasteiger charge is 2.28. The maximum atomic E-state index is 13.2. The number of benzene rings is 2. The summed E-state index contributed by atoms with van der Waals surface area (Å²) in [6.07, 6.45) is 4.30. The molecule has 0 saturated heterocycles. The predicted molar refractivity (Wildman–Crippen MR) is 131 cm³/mol. The van der Waals surface area contributed by atoms with Gasteiger partial charge in [-0.1, -0.05) is 66.9 Å². The molecule has 172 valence electrons. The first-order valence-electron chi connectivity index (χ1n) is 11.4. The van der Waals surface area contributed by atoms with Crippen LogP contribution >= 0.6 is 15.9 Å². The van der Waals surface area contributed by atoms with Crippen LogP contribution in [0.1, 0.15) is 63.5 Å². The van der Waals surface area contributed by atoms with Gasteiger partial charge in [-0.05, 0) is 61.1 Å². The number of nitrogens with zero attached hydrogens (tertiary/aromatic N) is 1. The molecule has 1 atom stereocenters. The molecule has 1 N–H and O–H groups in total. The fourth-order valence-corrected chi connectivity index (χ4v) is 4.20. The SMILES string of the molecule is CC(C)c1ccc(OCC(=O)N(Cc2ccc(Br)cc2)C(C)C(=O)NC2CCCC2)cc1. The number of halogens is 1. The highest BCUT2D eigenvalue weighted by molar-refractivity contribution is 9.10. The second kappa shape index (κ2) is 11.5. The van der Waals surface area contributed by atoms with Gasteiger partial charge < -0.3 is 15.0 Å². The number of nitrogens with one attached hydrogen (secondary N) is 1. The van der Waals surface area contributed by atoms with E-state index in [-0.39, 0.29) is 24.5 Å². The van der Waals surface area contributed by atoms with E-state index in [1.165, 1.54) is 5.56 Å². The Morgan fingerprint density at radius 1 is 1.03 bits per heavy atom. The number of hydrogen-bond donors (Lipinski definition) is 1. The molecule has 2 amide bonds. The third-order valence-electron chi connectivity index (χ3n) is 6.04. The van der Waals surface area contributed by atoms with Gasteiger partial charge in [-0.2, -0.15) is 0 Å². The number of amides is 2. The molecule has 0 aromatic heterocycles. The molecule has 32 heavy (non-hydrogen) atoms. The number of carbonyl (C=O) groups excluding carboxylic acids is 2. The van der Waals surface area contributed by atoms with Crippen molar-refractivity contribution < 1.29 is 14.3 Å². The van der Waals surface area contributed by atoms with Crippen LogP contribution in [-0.2, 0) is 16.1 Å². The summed E-state index contributed by atoms with van der Waals surface area (Å²) in [5, 5.41) is 3.12. The topological polar surface area (TPSA) is 58.6 Å². The van der Waals surface area contributed by atoms with Crippen LogP contribution in [0, 0.1) is 0 Å². The van der Waals surface area contributed by atoms with E-state index in [0.717, 1.165) is 35.7 Å². The van der Waals surface area contributed by atoms with Crippen LogP contribution in [0.2, 0.25) is 0 Å². The molecule has 2 aromatic rings. The fraction of sp³-hybridized carbons (Fsp3) is 0.462. The van der Waals surface area contributed by atoms with Gasteiger partial charge in [0.1, 0.15) is 11.8 Å². The lowest BCUT2D eigenvalue weighted by Gasteiger charge is -2.29. The summed E-state index contributed by atoms with van der Waals surface area (Å²) in [6.45, 7) is 6.30. The molecule has 1 fully saturated rings. The molecule has 0 aliphatic heterocycles. The Morgan fingerprint density at radius 2 is 1.66 bits per heavy atom. The molecule has 3 rings (SSSR count). The number of rotatable bonds is 9. The Kier molecular flexibility index (Phi) is 8.74. The first kappa shape index (κ1) is 24.3. The average Bonchev–Trinajstić information content (AvgIpc) is 3.30. The molecular weight excluding hydrogens is 468 g/mol. The van der Waals surface area contributed by atoms with E-state index in [1.807, 2.05) is 48.5 Å². The Balaban J connectivity index is 1.68. The lowest BCUT2D eigenvalue weighted by atomic mass is 10.0. The normalized spacial score (nSPS) is 14.9. The smallest absolute Gasteiger partial charge is 0.261 e. The number of carbonyl (C=O) groups is 2. The van der Waals surface area contributed by atoms with Crippen LogP contribution in [0.3, 0.4) is 0 Å². The van der Waals surface area contributed by atoms with Crippen LogP contribution < -0.4 is 10.1 Å². The molecule has 6 heteroatoms. The van der Waals surface area contributed by atoms with Gasteiger partial charge in [0.15, 0.2) is 6.61 Å². The van der Waals surface area contributed by atoms with E-state index in [1.54, 1.807) is 11.8 Å². The highest BCUT2D eigenvalue weighted by Crippen LogP contribution is 2.20. The van der Waals surface area contributed by atoms with Crippen molar-refractivity contribution in [3.8, 4) is 5.75 Å². The van der Waals surface area contributed by atoms with Gasteiger partial charge >= 0.3 is 0 Å². The van der Waals surface area contributed by atoms with Crippen molar-refractivity contribution in [2.45, 2.75) is 71.0 Å². The Labute approximate surface area is 199 Å². The third-order valence-corrected chi connectivity index (χ3v) is 6.57. The predicted octanol–water partition coefficient (Wildman–Crippen LogP) is 5.43. The van der Waals surface area contributed by atoms with Gasteiger partial charge in [0.05, 0.1) is 0 Å². The largest absolute Gasteiger partial charge is 0.484 e. The van der Waals surface area contributed by atoms with Gasteiger partial charge in [-0.15, -0.1) is 0 Å². The molecule has 1 aliphatic carbocycles. The zero-order chi connectivity index (χ0) is 23.1. The molecule has 5 nitrogen and oxygen atoms in total. The zero-order valence-electron chi connectivity index (χ0n) is 19.1. The fourth-order valence-electron chi connectivity index (χ4n) is 3.94. The summed E-state index contributed by atoms with van der Waals surface area (Å²) in [7, 11) is 0. The van der Waals surface area contributed by atoms with Crippen LogP contribution in [0.15, 0.2) is 53.0 Å². The highest BCUT2D eigenvalue weighted by atomic mass is 79.9.